The summed E-state index contributed by atoms with van der Waals surface area (Å²) >= 11 is 3.50. The van der Waals surface area contributed by atoms with Crippen molar-refractivity contribution >= 4 is 37.5 Å². The summed E-state index contributed by atoms with van der Waals surface area (Å²) < 4.78 is 28.7. The molecule has 1 fully saturated rings. The average molecular weight is 477 g/mol. The predicted octanol–water partition coefficient (Wildman–Crippen LogP) is 4.14. The van der Waals surface area contributed by atoms with E-state index in [9.17, 15) is 13.2 Å². The van der Waals surface area contributed by atoms with Crippen LogP contribution in [0, 0.1) is 12.8 Å². The Bertz CT molecular complexity index is 1040. The Kier molecular flexibility index (Phi) is 5.57. The van der Waals surface area contributed by atoms with Crippen LogP contribution in [0.3, 0.4) is 0 Å². The number of benzene rings is 2. The van der Waals surface area contributed by atoms with Gasteiger partial charge in [0, 0.05) is 29.3 Å². The maximum Gasteiger partial charge on any atom is 0.243 e. The molecule has 0 N–H and O–H groups in total. The molecule has 0 saturated carbocycles. The molecule has 2 aromatic carbocycles. The van der Waals surface area contributed by atoms with Crippen molar-refractivity contribution in [1.82, 2.24) is 4.31 Å². The number of sulfonamides is 1. The lowest BCUT2D eigenvalue weighted by Gasteiger charge is -2.34. The summed E-state index contributed by atoms with van der Waals surface area (Å²) in [5.41, 5.74) is 3.12. The number of aryl methyl sites for hydroxylation is 1. The summed E-state index contributed by atoms with van der Waals surface area (Å²) in [6, 6.07) is 13.0. The van der Waals surface area contributed by atoms with E-state index in [1.165, 1.54) is 4.31 Å². The highest BCUT2D eigenvalue weighted by Gasteiger charge is 2.39. The Morgan fingerprint density at radius 3 is 2.59 bits per heavy atom. The lowest BCUT2D eigenvalue weighted by Crippen LogP contribution is -2.48. The van der Waals surface area contributed by atoms with Crippen LogP contribution < -0.4 is 4.90 Å². The number of amides is 1. The molecule has 2 aliphatic heterocycles. The van der Waals surface area contributed by atoms with Gasteiger partial charge in [-0.2, -0.15) is 4.31 Å². The molecule has 2 aliphatic rings. The van der Waals surface area contributed by atoms with E-state index in [0.29, 0.717) is 24.3 Å². The minimum Gasteiger partial charge on any atom is -0.309 e. The normalized spacial score (nSPS) is 22.5. The van der Waals surface area contributed by atoms with E-state index in [-0.39, 0.29) is 24.4 Å². The topological polar surface area (TPSA) is 57.7 Å². The SMILES string of the molecule is Cc1ccc(S(=O)(=O)N2CCC[C@@H](C(=O)N3c4ccc(Br)cc4C[C@H]3C)C2)cc1. The van der Waals surface area contributed by atoms with Crippen LogP contribution >= 0.6 is 15.9 Å². The molecule has 7 heteroatoms. The smallest absolute Gasteiger partial charge is 0.243 e. The van der Waals surface area contributed by atoms with Gasteiger partial charge in [0.25, 0.3) is 0 Å². The first-order valence-electron chi connectivity index (χ1n) is 9.95. The van der Waals surface area contributed by atoms with Crippen LogP contribution in [0.25, 0.3) is 0 Å². The third-order valence-corrected chi connectivity index (χ3v) is 8.26. The molecule has 0 bridgehead atoms. The van der Waals surface area contributed by atoms with Gasteiger partial charge < -0.3 is 4.90 Å². The first kappa shape index (κ1) is 20.6. The van der Waals surface area contributed by atoms with Crippen molar-refractivity contribution < 1.29 is 13.2 Å². The van der Waals surface area contributed by atoms with Gasteiger partial charge in [-0.05, 0) is 69.0 Å². The Morgan fingerprint density at radius 2 is 1.86 bits per heavy atom. The standard InChI is InChI=1S/C22H25BrN2O3S/c1-15-5-8-20(9-6-15)29(27,28)24-11-3-4-17(14-24)22(26)25-16(2)12-18-13-19(23)7-10-21(18)25/h5-10,13,16-17H,3-4,11-12,14H2,1-2H3/t16-,17-/m1/s1. The highest BCUT2D eigenvalue weighted by Crippen LogP contribution is 2.36. The predicted molar refractivity (Wildman–Crippen MR) is 117 cm³/mol. The van der Waals surface area contributed by atoms with Gasteiger partial charge in [-0.3, -0.25) is 4.79 Å². The van der Waals surface area contributed by atoms with Crippen molar-refractivity contribution in [2.75, 3.05) is 18.0 Å². The number of hydrogen-bond donors (Lipinski definition) is 0. The van der Waals surface area contributed by atoms with Gasteiger partial charge in [-0.1, -0.05) is 33.6 Å². The van der Waals surface area contributed by atoms with Crippen molar-refractivity contribution in [3.63, 3.8) is 0 Å². The lowest BCUT2D eigenvalue weighted by atomic mass is 9.97. The second-order valence-electron chi connectivity index (χ2n) is 8.05. The van der Waals surface area contributed by atoms with Crippen LogP contribution in [0.1, 0.15) is 30.9 Å². The molecule has 29 heavy (non-hydrogen) atoms. The molecular weight excluding hydrogens is 452 g/mol. The highest BCUT2D eigenvalue weighted by molar-refractivity contribution is 9.10. The van der Waals surface area contributed by atoms with Crippen LogP contribution in [0.4, 0.5) is 5.69 Å². The summed E-state index contributed by atoms with van der Waals surface area (Å²) in [5, 5.41) is 0. The number of halogens is 1. The van der Waals surface area contributed by atoms with Gasteiger partial charge in [-0.25, -0.2) is 8.42 Å². The Hall–Kier alpha value is -1.70. The van der Waals surface area contributed by atoms with E-state index < -0.39 is 10.0 Å². The Morgan fingerprint density at radius 1 is 1.14 bits per heavy atom. The molecule has 1 amide bonds. The first-order chi connectivity index (χ1) is 13.8. The number of piperidine rings is 1. The zero-order chi connectivity index (χ0) is 20.8. The second kappa shape index (κ2) is 7.85. The van der Waals surface area contributed by atoms with Crippen molar-refractivity contribution in [3.05, 3.63) is 58.1 Å². The molecule has 154 valence electrons. The average Bonchev–Trinajstić information content (AvgIpc) is 3.02. The molecule has 5 nitrogen and oxygen atoms in total. The van der Waals surface area contributed by atoms with Gasteiger partial charge in [0.15, 0.2) is 0 Å². The quantitative estimate of drug-likeness (QED) is 0.668. The number of carbonyl (C=O) groups excluding carboxylic acids is 1. The van der Waals surface area contributed by atoms with Gasteiger partial charge in [0.1, 0.15) is 0 Å². The van der Waals surface area contributed by atoms with E-state index in [0.717, 1.165) is 27.7 Å². The maximum atomic E-state index is 13.4. The number of carbonyl (C=O) groups is 1. The van der Waals surface area contributed by atoms with Gasteiger partial charge in [-0.15, -0.1) is 0 Å². The number of anilines is 1. The van der Waals surface area contributed by atoms with Gasteiger partial charge in [0.05, 0.1) is 10.8 Å². The van der Waals surface area contributed by atoms with E-state index in [4.69, 9.17) is 0 Å². The molecule has 0 aliphatic carbocycles. The van der Waals surface area contributed by atoms with E-state index in [2.05, 4.69) is 28.9 Å². The molecule has 4 rings (SSSR count). The fourth-order valence-corrected chi connectivity index (χ4v) is 6.29. The van der Waals surface area contributed by atoms with Crippen LogP contribution in [0.15, 0.2) is 51.8 Å². The molecule has 0 radical (unpaired) electrons. The van der Waals surface area contributed by atoms with E-state index >= 15 is 0 Å². The number of hydrogen-bond acceptors (Lipinski definition) is 3. The number of rotatable bonds is 3. The second-order valence-corrected chi connectivity index (χ2v) is 10.9. The third-order valence-electron chi connectivity index (χ3n) is 5.89. The summed E-state index contributed by atoms with van der Waals surface area (Å²) in [6.45, 7) is 4.68. The minimum absolute atomic E-state index is 0.0300. The van der Waals surface area contributed by atoms with Crippen molar-refractivity contribution in [3.8, 4) is 0 Å². The molecule has 2 atom stereocenters. The van der Waals surface area contributed by atoms with E-state index in [1.807, 2.05) is 24.0 Å². The Balaban J connectivity index is 1.56. The zero-order valence-corrected chi connectivity index (χ0v) is 19.0. The van der Waals surface area contributed by atoms with Crippen LogP contribution in [0.5, 0.6) is 0 Å². The number of fused-ring (bicyclic) bond motifs is 1. The molecule has 1 saturated heterocycles. The van der Waals surface area contributed by atoms with Crippen molar-refractivity contribution in [2.45, 2.75) is 44.0 Å². The van der Waals surface area contributed by atoms with Gasteiger partial charge in [0.2, 0.25) is 15.9 Å². The van der Waals surface area contributed by atoms with Crippen LogP contribution in [-0.2, 0) is 21.2 Å². The molecule has 0 aromatic heterocycles. The fourth-order valence-electron chi connectivity index (χ4n) is 4.35. The maximum absolute atomic E-state index is 13.4. The van der Waals surface area contributed by atoms with Crippen LogP contribution in [-0.4, -0.2) is 37.8 Å². The van der Waals surface area contributed by atoms with Crippen LogP contribution in [0.2, 0.25) is 0 Å². The van der Waals surface area contributed by atoms with Crippen molar-refractivity contribution in [1.29, 1.82) is 0 Å². The minimum atomic E-state index is -3.59. The van der Waals surface area contributed by atoms with E-state index in [1.54, 1.807) is 24.3 Å². The molecule has 0 spiro atoms. The first-order valence-corrected chi connectivity index (χ1v) is 12.2. The summed E-state index contributed by atoms with van der Waals surface area (Å²) in [7, 11) is -3.59. The molecular formula is C22H25BrN2O3S. The zero-order valence-electron chi connectivity index (χ0n) is 16.6. The lowest BCUT2D eigenvalue weighted by molar-refractivity contribution is -0.123. The summed E-state index contributed by atoms with van der Waals surface area (Å²) in [6.07, 6.45) is 2.23. The third kappa shape index (κ3) is 3.88. The molecule has 2 heterocycles. The number of nitrogens with zero attached hydrogens (tertiary/aromatic N) is 2. The largest absolute Gasteiger partial charge is 0.309 e. The monoisotopic (exact) mass is 476 g/mol. The molecule has 2 aromatic rings. The van der Waals surface area contributed by atoms with Gasteiger partial charge >= 0.3 is 0 Å². The fraction of sp³-hybridized carbons (Fsp3) is 0.409. The highest BCUT2D eigenvalue weighted by atomic mass is 79.9. The Labute approximate surface area is 180 Å². The molecule has 0 unspecified atom stereocenters. The summed E-state index contributed by atoms with van der Waals surface area (Å²) in [5.74, 6) is -0.289. The van der Waals surface area contributed by atoms with Crippen molar-refractivity contribution in [2.24, 2.45) is 5.92 Å². The summed E-state index contributed by atoms with van der Waals surface area (Å²) in [4.78, 5) is 15.6.